The fourth-order valence-electron chi connectivity index (χ4n) is 3.56. The predicted octanol–water partition coefficient (Wildman–Crippen LogP) is 5.99. The van der Waals surface area contributed by atoms with Crippen LogP contribution in [0.1, 0.15) is 31.9 Å². The van der Waals surface area contributed by atoms with Crippen molar-refractivity contribution >= 4 is 35.2 Å². The molecule has 0 aromatic heterocycles. The summed E-state index contributed by atoms with van der Waals surface area (Å²) >= 11 is 7.92. The van der Waals surface area contributed by atoms with Crippen LogP contribution < -0.4 is 5.32 Å². The van der Waals surface area contributed by atoms with E-state index < -0.39 is 11.6 Å². The van der Waals surface area contributed by atoms with Crippen molar-refractivity contribution in [3.8, 4) is 0 Å². The summed E-state index contributed by atoms with van der Waals surface area (Å²) < 4.78 is 0. The molecule has 3 aromatic carbocycles. The third-order valence-electron chi connectivity index (χ3n) is 5.17. The third-order valence-corrected chi connectivity index (χ3v) is 6.54. The van der Waals surface area contributed by atoms with Crippen molar-refractivity contribution in [1.29, 1.82) is 0 Å². The largest absolute Gasteiger partial charge is 0.350 e. The van der Waals surface area contributed by atoms with E-state index in [2.05, 4.69) is 5.32 Å². The van der Waals surface area contributed by atoms with Crippen LogP contribution in [0.3, 0.4) is 0 Å². The van der Waals surface area contributed by atoms with E-state index in [9.17, 15) is 9.59 Å². The highest BCUT2D eigenvalue weighted by Crippen LogP contribution is 2.23. The quantitative estimate of drug-likeness (QED) is 0.372. The Labute approximate surface area is 211 Å². The van der Waals surface area contributed by atoms with Crippen LogP contribution in [0.25, 0.3) is 0 Å². The van der Waals surface area contributed by atoms with Gasteiger partial charge in [0.15, 0.2) is 0 Å². The molecule has 2 amide bonds. The van der Waals surface area contributed by atoms with Gasteiger partial charge in [0.25, 0.3) is 0 Å². The van der Waals surface area contributed by atoms with E-state index in [4.69, 9.17) is 11.6 Å². The van der Waals surface area contributed by atoms with E-state index in [1.54, 1.807) is 11.0 Å². The molecule has 0 bridgehead atoms. The van der Waals surface area contributed by atoms with Gasteiger partial charge < -0.3 is 10.2 Å². The van der Waals surface area contributed by atoms with Crippen molar-refractivity contribution < 1.29 is 9.59 Å². The Hall–Kier alpha value is -2.76. The molecular formula is C28H31ClN2O2S. The number of amides is 2. The van der Waals surface area contributed by atoms with Crippen LogP contribution in [0.15, 0.2) is 89.8 Å². The fourth-order valence-corrected chi connectivity index (χ4v) is 4.56. The Balaban J connectivity index is 1.94. The predicted molar refractivity (Wildman–Crippen MR) is 141 cm³/mol. The lowest BCUT2D eigenvalue weighted by atomic mass is 10.0. The number of nitrogens with one attached hydrogen (secondary N) is 1. The van der Waals surface area contributed by atoms with Gasteiger partial charge in [-0.1, -0.05) is 78.3 Å². The Morgan fingerprint density at radius 3 is 2.12 bits per heavy atom. The SMILES string of the molecule is CC(C)(C)NC(=O)C(Cc1ccccc1)N(Cc1ccccc1Cl)C(=O)CSc1ccccc1. The Kier molecular flexibility index (Phi) is 9.20. The summed E-state index contributed by atoms with van der Waals surface area (Å²) in [7, 11) is 0. The number of hydrogen-bond acceptors (Lipinski definition) is 3. The second-order valence-electron chi connectivity index (χ2n) is 9.16. The average Bonchev–Trinajstić information content (AvgIpc) is 2.81. The molecular weight excluding hydrogens is 464 g/mol. The Morgan fingerprint density at radius 2 is 1.50 bits per heavy atom. The molecule has 178 valence electrons. The van der Waals surface area contributed by atoms with E-state index in [0.717, 1.165) is 16.0 Å². The summed E-state index contributed by atoms with van der Waals surface area (Å²) in [4.78, 5) is 29.8. The molecule has 4 nitrogen and oxygen atoms in total. The molecule has 0 heterocycles. The molecule has 0 spiro atoms. The molecule has 6 heteroatoms. The van der Waals surface area contributed by atoms with Gasteiger partial charge in [-0.15, -0.1) is 11.8 Å². The summed E-state index contributed by atoms with van der Waals surface area (Å²) in [6.45, 7) is 6.07. The zero-order chi connectivity index (χ0) is 24.6. The van der Waals surface area contributed by atoms with Crippen molar-refractivity contribution in [2.24, 2.45) is 0 Å². The summed E-state index contributed by atoms with van der Waals surface area (Å²) in [6, 6.07) is 26.4. The molecule has 3 rings (SSSR count). The van der Waals surface area contributed by atoms with Gasteiger partial charge in [0.1, 0.15) is 6.04 Å². The first-order valence-corrected chi connectivity index (χ1v) is 12.7. The molecule has 0 saturated heterocycles. The van der Waals surface area contributed by atoms with Crippen molar-refractivity contribution in [1.82, 2.24) is 10.2 Å². The van der Waals surface area contributed by atoms with Crippen LogP contribution >= 0.6 is 23.4 Å². The lowest BCUT2D eigenvalue weighted by Gasteiger charge is -2.34. The zero-order valence-corrected chi connectivity index (χ0v) is 21.4. The number of hydrogen-bond donors (Lipinski definition) is 1. The normalized spacial score (nSPS) is 12.1. The van der Waals surface area contributed by atoms with E-state index in [-0.39, 0.29) is 24.1 Å². The highest BCUT2D eigenvalue weighted by atomic mass is 35.5. The minimum absolute atomic E-state index is 0.112. The smallest absolute Gasteiger partial charge is 0.243 e. The molecule has 0 saturated carbocycles. The number of carbonyl (C=O) groups is 2. The van der Waals surface area contributed by atoms with Crippen LogP contribution in [0, 0.1) is 0 Å². The summed E-state index contributed by atoms with van der Waals surface area (Å²) in [6.07, 6.45) is 0.412. The van der Waals surface area contributed by atoms with Crippen LogP contribution in [0.4, 0.5) is 0 Å². The standard InChI is InChI=1S/C28H31ClN2O2S/c1-28(2,3)30-27(33)25(18-21-12-6-4-7-13-21)31(19-22-14-10-11-17-24(22)29)26(32)20-34-23-15-8-5-9-16-23/h4-17,25H,18-20H2,1-3H3,(H,30,33). The van der Waals surface area contributed by atoms with E-state index in [1.165, 1.54) is 11.8 Å². The molecule has 3 aromatic rings. The van der Waals surface area contributed by atoms with Gasteiger partial charge in [-0.3, -0.25) is 9.59 Å². The van der Waals surface area contributed by atoms with Crippen LogP contribution in [-0.4, -0.2) is 34.0 Å². The zero-order valence-electron chi connectivity index (χ0n) is 19.8. The first-order valence-electron chi connectivity index (χ1n) is 11.3. The topological polar surface area (TPSA) is 49.4 Å². The van der Waals surface area contributed by atoms with Gasteiger partial charge in [0.2, 0.25) is 11.8 Å². The average molecular weight is 495 g/mol. The van der Waals surface area contributed by atoms with E-state index in [0.29, 0.717) is 11.4 Å². The van der Waals surface area contributed by atoms with E-state index in [1.807, 2.05) is 99.6 Å². The molecule has 0 aliphatic carbocycles. The second-order valence-corrected chi connectivity index (χ2v) is 10.6. The maximum absolute atomic E-state index is 13.6. The minimum atomic E-state index is -0.679. The summed E-state index contributed by atoms with van der Waals surface area (Å²) in [5.74, 6) is -0.0667. The van der Waals surface area contributed by atoms with Gasteiger partial charge in [-0.25, -0.2) is 0 Å². The van der Waals surface area contributed by atoms with Crippen LogP contribution in [0.5, 0.6) is 0 Å². The summed E-state index contributed by atoms with van der Waals surface area (Å²) in [5.41, 5.74) is 1.37. The highest BCUT2D eigenvalue weighted by molar-refractivity contribution is 8.00. The Morgan fingerprint density at radius 1 is 0.912 bits per heavy atom. The first-order chi connectivity index (χ1) is 16.2. The van der Waals surface area contributed by atoms with Crippen molar-refractivity contribution in [2.75, 3.05) is 5.75 Å². The molecule has 1 N–H and O–H groups in total. The lowest BCUT2D eigenvalue weighted by molar-refractivity contribution is -0.140. The maximum atomic E-state index is 13.6. The number of carbonyl (C=O) groups excluding carboxylic acids is 2. The van der Waals surface area contributed by atoms with Gasteiger partial charge in [0, 0.05) is 28.4 Å². The summed E-state index contributed by atoms with van der Waals surface area (Å²) in [5, 5.41) is 3.65. The van der Waals surface area contributed by atoms with Gasteiger partial charge in [-0.05, 0) is 50.1 Å². The van der Waals surface area contributed by atoms with Crippen molar-refractivity contribution in [3.63, 3.8) is 0 Å². The Bertz CT molecular complexity index is 1080. The molecule has 1 unspecified atom stereocenters. The number of thioether (sulfide) groups is 1. The van der Waals surface area contributed by atoms with Crippen molar-refractivity contribution in [3.05, 3.63) is 101 Å². The monoisotopic (exact) mass is 494 g/mol. The molecule has 1 atom stereocenters. The van der Waals surface area contributed by atoms with E-state index >= 15 is 0 Å². The number of halogens is 1. The number of benzene rings is 3. The molecule has 0 aliphatic rings. The number of rotatable bonds is 9. The molecule has 0 radical (unpaired) electrons. The van der Waals surface area contributed by atoms with Crippen molar-refractivity contribution in [2.45, 2.75) is 50.2 Å². The van der Waals surface area contributed by atoms with Gasteiger partial charge >= 0.3 is 0 Å². The first kappa shape index (κ1) is 25.9. The van der Waals surface area contributed by atoms with Gasteiger partial charge in [0.05, 0.1) is 5.75 Å². The lowest BCUT2D eigenvalue weighted by Crippen LogP contribution is -2.54. The highest BCUT2D eigenvalue weighted by Gasteiger charge is 2.32. The van der Waals surface area contributed by atoms with Gasteiger partial charge in [-0.2, -0.15) is 0 Å². The minimum Gasteiger partial charge on any atom is -0.350 e. The fraction of sp³-hybridized carbons (Fsp3) is 0.286. The third kappa shape index (κ3) is 7.93. The molecule has 0 fully saturated rings. The number of nitrogens with zero attached hydrogens (tertiary/aromatic N) is 1. The van der Waals surface area contributed by atoms with Crippen LogP contribution in [0.2, 0.25) is 5.02 Å². The molecule has 0 aliphatic heterocycles. The molecule has 34 heavy (non-hydrogen) atoms. The van der Waals surface area contributed by atoms with Crippen LogP contribution in [-0.2, 0) is 22.6 Å². The maximum Gasteiger partial charge on any atom is 0.243 e. The second kappa shape index (κ2) is 12.1.